The lowest BCUT2D eigenvalue weighted by atomic mass is 10.1. The van der Waals surface area contributed by atoms with Gasteiger partial charge < -0.3 is 14.5 Å². The number of rotatable bonds is 7. The number of para-hydroxylation sites is 1. The zero-order valence-electron chi connectivity index (χ0n) is 14.2. The molecule has 0 atom stereocenters. The molecule has 2 aromatic rings. The number of oxime groups is 1. The molecule has 0 aromatic heterocycles. The standard InChI is InChI=1S/C19H22N2O3/c1-4-21(19(22)13-20-23-3)18-8-6-5-7-16(18)14-24-17-11-9-15(2)10-12-17/h5-13H,4,14H2,1-3H3. The molecule has 0 aliphatic heterocycles. The number of anilines is 1. The van der Waals surface area contributed by atoms with E-state index in [1.54, 1.807) is 4.90 Å². The van der Waals surface area contributed by atoms with Gasteiger partial charge in [-0.2, -0.15) is 0 Å². The van der Waals surface area contributed by atoms with E-state index in [-0.39, 0.29) is 5.91 Å². The minimum atomic E-state index is -0.234. The highest BCUT2D eigenvalue weighted by Gasteiger charge is 2.15. The number of aryl methyl sites for hydroxylation is 1. The Kier molecular flexibility index (Phi) is 6.37. The lowest BCUT2D eigenvalue weighted by Gasteiger charge is -2.22. The van der Waals surface area contributed by atoms with Crippen molar-refractivity contribution in [1.29, 1.82) is 0 Å². The summed E-state index contributed by atoms with van der Waals surface area (Å²) in [5.41, 5.74) is 2.92. The molecule has 0 unspecified atom stereocenters. The molecule has 1 amide bonds. The number of hydrogen-bond acceptors (Lipinski definition) is 4. The normalized spacial score (nSPS) is 10.6. The molecule has 0 saturated carbocycles. The van der Waals surface area contributed by atoms with Crippen LogP contribution in [0.2, 0.25) is 0 Å². The van der Waals surface area contributed by atoms with E-state index >= 15 is 0 Å². The number of nitrogens with zero attached hydrogens (tertiary/aromatic N) is 2. The summed E-state index contributed by atoms with van der Waals surface area (Å²) in [5, 5.41) is 3.55. The molecule has 0 saturated heterocycles. The second-order valence-electron chi connectivity index (χ2n) is 5.23. The summed E-state index contributed by atoms with van der Waals surface area (Å²) in [6.07, 6.45) is 1.17. The van der Waals surface area contributed by atoms with Crippen LogP contribution in [-0.4, -0.2) is 25.8 Å². The highest BCUT2D eigenvalue weighted by Crippen LogP contribution is 2.22. The Morgan fingerprint density at radius 1 is 1.17 bits per heavy atom. The number of amides is 1. The Labute approximate surface area is 142 Å². The summed E-state index contributed by atoms with van der Waals surface area (Å²) >= 11 is 0. The minimum Gasteiger partial charge on any atom is -0.489 e. The first-order chi connectivity index (χ1) is 11.7. The van der Waals surface area contributed by atoms with Crippen LogP contribution in [0.5, 0.6) is 5.75 Å². The Balaban J connectivity index is 2.17. The van der Waals surface area contributed by atoms with Crippen molar-refractivity contribution in [2.24, 2.45) is 5.16 Å². The summed E-state index contributed by atoms with van der Waals surface area (Å²) in [6, 6.07) is 15.6. The van der Waals surface area contributed by atoms with Gasteiger partial charge in [0, 0.05) is 12.1 Å². The molecule has 2 rings (SSSR count). The van der Waals surface area contributed by atoms with E-state index in [1.165, 1.54) is 18.9 Å². The summed E-state index contributed by atoms with van der Waals surface area (Å²) in [4.78, 5) is 18.5. The molecule has 0 N–H and O–H groups in total. The topological polar surface area (TPSA) is 51.1 Å². The van der Waals surface area contributed by atoms with Crippen LogP contribution in [0.15, 0.2) is 53.7 Å². The number of benzene rings is 2. The molecule has 0 fully saturated rings. The second-order valence-corrected chi connectivity index (χ2v) is 5.23. The molecule has 5 nitrogen and oxygen atoms in total. The van der Waals surface area contributed by atoms with Crippen LogP contribution in [0, 0.1) is 6.92 Å². The highest BCUT2D eigenvalue weighted by atomic mass is 16.6. The largest absolute Gasteiger partial charge is 0.489 e. The van der Waals surface area contributed by atoms with Crippen molar-refractivity contribution in [2.45, 2.75) is 20.5 Å². The fraction of sp³-hybridized carbons (Fsp3) is 0.263. The van der Waals surface area contributed by atoms with Crippen molar-refractivity contribution in [3.8, 4) is 5.75 Å². The van der Waals surface area contributed by atoms with Crippen molar-refractivity contribution < 1.29 is 14.4 Å². The number of carbonyl (C=O) groups excluding carboxylic acids is 1. The molecule has 0 radical (unpaired) electrons. The van der Waals surface area contributed by atoms with Crippen molar-refractivity contribution in [2.75, 3.05) is 18.6 Å². The Morgan fingerprint density at radius 2 is 1.88 bits per heavy atom. The average molecular weight is 326 g/mol. The van der Waals surface area contributed by atoms with Crippen LogP contribution in [0.25, 0.3) is 0 Å². The Morgan fingerprint density at radius 3 is 2.54 bits per heavy atom. The molecule has 0 bridgehead atoms. The van der Waals surface area contributed by atoms with Gasteiger partial charge in [0.2, 0.25) is 0 Å². The zero-order chi connectivity index (χ0) is 17.4. The Hall–Kier alpha value is -2.82. The lowest BCUT2D eigenvalue weighted by molar-refractivity contribution is -0.112. The molecule has 2 aromatic carbocycles. The first-order valence-corrected chi connectivity index (χ1v) is 7.81. The van der Waals surface area contributed by atoms with E-state index in [9.17, 15) is 4.79 Å². The van der Waals surface area contributed by atoms with Crippen molar-refractivity contribution in [3.63, 3.8) is 0 Å². The summed E-state index contributed by atoms with van der Waals surface area (Å²) < 4.78 is 5.85. The van der Waals surface area contributed by atoms with E-state index in [0.29, 0.717) is 13.2 Å². The third kappa shape index (κ3) is 4.59. The van der Waals surface area contributed by atoms with Gasteiger partial charge >= 0.3 is 0 Å². The summed E-state index contributed by atoms with van der Waals surface area (Å²) in [7, 11) is 1.41. The second kappa shape index (κ2) is 8.72. The van der Waals surface area contributed by atoms with Gasteiger partial charge in [-0.05, 0) is 32.0 Å². The fourth-order valence-corrected chi connectivity index (χ4v) is 2.30. The van der Waals surface area contributed by atoms with Gasteiger partial charge in [0.15, 0.2) is 0 Å². The molecule has 0 aliphatic rings. The predicted octanol–water partition coefficient (Wildman–Crippen LogP) is 3.56. The van der Waals surface area contributed by atoms with E-state index in [1.807, 2.05) is 62.4 Å². The third-order valence-corrected chi connectivity index (χ3v) is 3.55. The third-order valence-electron chi connectivity index (χ3n) is 3.55. The maximum atomic E-state index is 12.3. The van der Waals surface area contributed by atoms with Crippen molar-refractivity contribution in [3.05, 3.63) is 59.7 Å². The van der Waals surface area contributed by atoms with Crippen LogP contribution in [0.4, 0.5) is 5.69 Å². The monoisotopic (exact) mass is 326 g/mol. The quantitative estimate of drug-likeness (QED) is 0.577. The molecule has 24 heavy (non-hydrogen) atoms. The number of ether oxygens (including phenoxy) is 1. The van der Waals surface area contributed by atoms with Crippen LogP contribution in [0.1, 0.15) is 18.1 Å². The molecular formula is C19H22N2O3. The lowest BCUT2D eigenvalue weighted by Crippen LogP contribution is -2.32. The van der Waals surface area contributed by atoms with Crippen molar-refractivity contribution in [1.82, 2.24) is 0 Å². The fourth-order valence-electron chi connectivity index (χ4n) is 2.30. The van der Waals surface area contributed by atoms with Gasteiger partial charge in [-0.15, -0.1) is 0 Å². The maximum absolute atomic E-state index is 12.3. The van der Waals surface area contributed by atoms with Crippen LogP contribution >= 0.6 is 0 Å². The van der Waals surface area contributed by atoms with Crippen LogP contribution in [0.3, 0.4) is 0 Å². The first-order valence-electron chi connectivity index (χ1n) is 7.81. The van der Waals surface area contributed by atoms with E-state index in [0.717, 1.165) is 17.0 Å². The molecule has 0 spiro atoms. The van der Waals surface area contributed by atoms with Gasteiger partial charge in [-0.25, -0.2) is 0 Å². The van der Waals surface area contributed by atoms with Gasteiger partial charge in [0.05, 0.1) is 5.69 Å². The van der Waals surface area contributed by atoms with E-state index < -0.39 is 0 Å². The van der Waals surface area contributed by atoms with Crippen LogP contribution in [-0.2, 0) is 16.2 Å². The highest BCUT2D eigenvalue weighted by molar-refractivity contribution is 6.32. The number of carbonyl (C=O) groups is 1. The van der Waals surface area contributed by atoms with Gasteiger partial charge in [0.1, 0.15) is 25.7 Å². The molecule has 126 valence electrons. The maximum Gasteiger partial charge on any atom is 0.272 e. The molecule has 0 heterocycles. The zero-order valence-corrected chi connectivity index (χ0v) is 14.2. The molecular weight excluding hydrogens is 304 g/mol. The van der Waals surface area contributed by atoms with Crippen molar-refractivity contribution >= 4 is 17.8 Å². The summed E-state index contributed by atoms with van der Waals surface area (Å²) in [6.45, 7) is 4.85. The Bertz CT molecular complexity index is 696. The van der Waals surface area contributed by atoms with Gasteiger partial charge in [-0.3, -0.25) is 4.79 Å². The molecule has 0 aliphatic carbocycles. The SMILES string of the molecule is CCN(C(=O)C=NOC)c1ccccc1COc1ccc(C)cc1. The predicted molar refractivity (Wildman–Crippen MR) is 95.5 cm³/mol. The average Bonchev–Trinajstić information content (AvgIpc) is 2.61. The molecule has 5 heteroatoms. The summed E-state index contributed by atoms with van der Waals surface area (Å²) in [5.74, 6) is 0.563. The number of hydrogen-bond donors (Lipinski definition) is 0. The van der Waals surface area contributed by atoms with Crippen LogP contribution < -0.4 is 9.64 Å². The minimum absolute atomic E-state index is 0.234. The van der Waals surface area contributed by atoms with E-state index in [2.05, 4.69) is 9.99 Å². The van der Waals surface area contributed by atoms with E-state index in [4.69, 9.17) is 4.74 Å². The first kappa shape index (κ1) is 17.5. The smallest absolute Gasteiger partial charge is 0.272 e. The van der Waals surface area contributed by atoms with Gasteiger partial charge in [-0.1, -0.05) is 41.1 Å². The van der Waals surface area contributed by atoms with Gasteiger partial charge in [0.25, 0.3) is 5.91 Å².